The summed E-state index contributed by atoms with van der Waals surface area (Å²) in [6.07, 6.45) is 11.7. The highest BCUT2D eigenvalue weighted by Gasteiger charge is 2.21. The number of fused-ring (bicyclic) bond motifs is 1. The fourth-order valence-electron chi connectivity index (χ4n) is 4.40. The van der Waals surface area contributed by atoms with Gasteiger partial charge in [-0.05, 0) is 42.7 Å². The van der Waals surface area contributed by atoms with Crippen LogP contribution in [0.15, 0.2) is 55.1 Å². The SMILES string of the molecule is CN(C)c1cccc(Nc2nc(NCc3cccnc3)c3ncn(C4CCCCC4)c3n2)c1. The molecule has 33 heavy (non-hydrogen) atoms. The van der Waals surface area contributed by atoms with Gasteiger partial charge in [0.15, 0.2) is 17.0 Å². The molecule has 5 rings (SSSR count). The van der Waals surface area contributed by atoms with Gasteiger partial charge in [0.2, 0.25) is 5.95 Å². The van der Waals surface area contributed by atoms with Crippen LogP contribution in [0.4, 0.5) is 23.1 Å². The predicted molar refractivity (Wildman–Crippen MR) is 133 cm³/mol. The van der Waals surface area contributed by atoms with Crippen molar-refractivity contribution in [2.45, 2.75) is 44.7 Å². The van der Waals surface area contributed by atoms with E-state index in [9.17, 15) is 0 Å². The first-order valence-corrected chi connectivity index (χ1v) is 11.6. The minimum atomic E-state index is 0.440. The highest BCUT2D eigenvalue weighted by molar-refractivity contribution is 5.85. The molecule has 0 amide bonds. The molecule has 3 aromatic heterocycles. The number of imidazole rings is 1. The van der Waals surface area contributed by atoms with Gasteiger partial charge in [0, 0.05) is 50.5 Å². The maximum absolute atomic E-state index is 4.91. The Labute approximate surface area is 194 Å². The second-order valence-corrected chi connectivity index (χ2v) is 8.80. The Bertz CT molecular complexity index is 1210. The second-order valence-electron chi connectivity index (χ2n) is 8.80. The van der Waals surface area contributed by atoms with Gasteiger partial charge in [-0.3, -0.25) is 4.98 Å². The topological polar surface area (TPSA) is 83.8 Å². The van der Waals surface area contributed by atoms with Crippen LogP contribution < -0.4 is 15.5 Å². The van der Waals surface area contributed by atoms with Crippen molar-refractivity contribution >= 4 is 34.3 Å². The van der Waals surface area contributed by atoms with E-state index < -0.39 is 0 Å². The van der Waals surface area contributed by atoms with Crippen molar-refractivity contribution < 1.29 is 0 Å². The van der Waals surface area contributed by atoms with Gasteiger partial charge >= 0.3 is 0 Å². The maximum Gasteiger partial charge on any atom is 0.231 e. The molecule has 8 nitrogen and oxygen atoms in total. The summed E-state index contributed by atoms with van der Waals surface area (Å²) in [4.78, 5) is 20.7. The number of hydrogen-bond acceptors (Lipinski definition) is 7. The molecule has 8 heteroatoms. The van der Waals surface area contributed by atoms with Gasteiger partial charge in [0.05, 0.1) is 6.33 Å². The summed E-state index contributed by atoms with van der Waals surface area (Å²) in [5, 5.41) is 6.87. The summed E-state index contributed by atoms with van der Waals surface area (Å²) in [6, 6.07) is 12.7. The smallest absolute Gasteiger partial charge is 0.231 e. The standard InChI is InChI=1S/C25H30N8/c1-32(2)21-12-6-9-19(14-21)29-25-30-23(27-16-18-8-7-13-26-15-18)22-24(31-25)33(17-28-22)20-10-4-3-5-11-20/h6-9,12-15,17,20H,3-5,10-11,16H2,1-2H3,(H2,27,29,30,31). The molecule has 1 saturated carbocycles. The molecule has 170 valence electrons. The van der Waals surface area contributed by atoms with Crippen LogP contribution in [0.25, 0.3) is 11.2 Å². The molecule has 1 fully saturated rings. The highest BCUT2D eigenvalue weighted by Crippen LogP contribution is 2.32. The summed E-state index contributed by atoms with van der Waals surface area (Å²) in [6.45, 7) is 0.617. The monoisotopic (exact) mass is 442 g/mol. The minimum Gasteiger partial charge on any atom is -0.378 e. The maximum atomic E-state index is 4.91. The van der Waals surface area contributed by atoms with Crippen LogP contribution in [0, 0.1) is 0 Å². The number of rotatable bonds is 7. The lowest BCUT2D eigenvalue weighted by Crippen LogP contribution is -2.13. The third kappa shape index (κ3) is 4.74. The molecule has 1 aromatic carbocycles. The van der Waals surface area contributed by atoms with Gasteiger partial charge < -0.3 is 20.1 Å². The molecular weight excluding hydrogens is 412 g/mol. The molecule has 0 spiro atoms. The van der Waals surface area contributed by atoms with Crippen molar-refractivity contribution in [3.63, 3.8) is 0 Å². The Balaban J connectivity index is 1.51. The van der Waals surface area contributed by atoms with Gasteiger partial charge in [0.25, 0.3) is 0 Å². The molecule has 0 atom stereocenters. The van der Waals surface area contributed by atoms with E-state index in [0.717, 1.165) is 33.9 Å². The van der Waals surface area contributed by atoms with Gasteiger partial charge in [-0.25, -0.2) is 4.98 Å². The van der Waals surface area contributed by atoms with E-state index in [4.69, 9.17) is 15.0 Å². The Morgan fingerprint density at radius 3 is 2.73 bits per heavy atom. The van der Waals surface area contributed by atoms with Crippen LogP contribution in [-0.2, 0) is 6.54 Å². The van der Waals surface area contributed by atoms with E-state index in [1.807, 2.05) is 50.9 Å². The van der Waals surface area contributed by atoms with Crippen LogP contribution in [0.1, 0.15) is 43.7 Å². The van der Waals surface area contributed by atoms with Crippen molar-refractivity contribution in [2.75, 3.05) is 29.6 Å². The highest BCUT2D eigenvalue weighted by atomic mass is 15.2. The molecule has 1 aliphatic rings. The van der Waals surface area contributed by atoms with Crippen LogP contribution >= 0.6 is 0 Å². The van der Waals surface area contributed by atoms with Crippen LogP contribution in [0.5, 0.6) is 0 Å². The number of anilines is 4. The lowest BCUT2D eigenvalue weighted by atomic mass is 9.95. The van der Waals surface area contributed by atoms with E-state index in [0.29, 0.717) is 18.5 Å². The minimum absolute atomic E-state index is 0.440. The van der Waals surface area contributed by atoms with Crippen molar-refractivity contribution in [2.24, 2.45) is 0 Å². The number of nitrogens with zero attached hydrogens (tertiary/aromatic N) is 6. The van der Waals surface area contributed by atoms with E-state index in [1.54, 1.807) is 6.20 Å². The third-order valence-corrected chi connectivity index (χ3v) is 6.19. The molecule has 0 saturated heterocycles. The van der Waals surface area contributed by atoms with Crippen molar-refractivity contribution in [1.82, 2.24) is 24.5 Å². The van der Waals surface area contributed by atoms with Gasteiger partial charge in [-0.2, -0.15) is 9.97 Å². The Hall–Kier alpha value is -3.68. The van der Waals surface area contributed by atoms with Crippen LogP contribution in [-0.4, -0.2) is 38.6 Å². The Morgan fingerprint density at radius 1 is 1.06 bits per heavy atom. The Kier molecular flexibility index (Phi) is 6.06. The number of hydrogen-bond donors (Lipinski definition) is 2. The molecule has 0 radical (unpaired) electrons. The second kappa shape index (κ2) is 9.44. The first-order valence-electron chi connectivity index (χ1n) is 11.6. The van der Waals surface area contributed by atoms with Gasteiger partial charge in [-0.1, -0.05) is 31.4 Å². The van der Waals surface area contributed by atoms with Crippen molar-refractivity contribution in [3.05, 3.63) is 60.7 Å². The number of nitrogens with one attached hydrogen (secondary N) is 2. The predicted octanol–water partition coefficient (Wildman–Crippen LogP) is 5.15. The zero-order valence-corrected chi connectivity index (χ0v) is 19.2. The normalized spacial score (nSPS) is 14.4. The molecule has 0 bridgehead atoms. The fraction of sp³-hybridized carbons (Fsp3) is 0.360. The zero-order valence-electron chi connectivity index (χ0n) is 19.2. The van der Waals surface area contributed by atoms with Crippen molar-refractivity contribution in [1.29, 1.82) is 0 Å². The zero-order chi connectivity index (χ0) is 22.6. The van der Waals surface area contributed by atoms with Crippen LogP contribution in [0.2, 0.25) is 0 Å². The quantitative estimate of drug-likeness (QED) is 0.409. The average molecular weight is 443 g/mol. The summed E-state index contributed by atoms with van der Waals surface area (Å²) < 4.78 is 2.24. The lowest BCUT2D eigenvalue weighted by molar-refractivity contribution is 0.358. The first kappa shape index (κ1) is 21.2. The Morgan fingerprint density at radius 2 is 1.94 bits per heavy atom. The molecular formula is C25H30N8. The van der Waals surface area contributed by atoms with Crippen LogP contribution in [0.3, 0.4) is 0 Å². The van der Waals surface area contributed by atoms with E-state index >= 15 is 0 Å². The van der Waals surface area contributed by atoms with E-state index in [2.05, 4.69) is 37.2 Å². The van der Waals surface area contributed by atoms with Gasteiger partial charge in [-0.15, -0.1) is 0 Å². The summed E-state index contributed by atoms with van der Waals surface area (Å²) in [7, 11) is 4.07. The molecule has 1 aliphatic carbocycles. The number of aromatic nitrogens is 5. The summed E-state index contributed by atoms with van der Waals surface area (Å²) in [5.74, 6) is 1.29. The van der Waals surface area contributed by atoms with Gasteiger partial charge in [0.1, 0.15) is 0 Å². The van der Waals surface area contributed by atoms with E-state index in [1.165, 1.54) is 32.1 Å². The van der Waals surface area contributed by atoms with E-state index in [-0.39, 0.29) is 0 Å². The number of benzene rings is 1. The largest absolute Gasteiger partial charge is 0.378 e. The molecule has 2 N–H and O–H groups in total. The molecule has 3 heterocycles. The van der Waals surface area contributed by atoms with Crippen molar-refractivity contribution in [3.8, 4) is 0 Å². The lowest BCUT2D eigenvalue weighted by Gasteiger charge is -2.23. The molecule has 0 aliphatic heterocycles. The third-order valence-electron chi connectivity index (χ3n) is 6.19. The first-order chi connectivity index (χ1) is 16.2. The molecule has 0 unspecified atom stereocenters. The number of pyridine rings is 1. The average Bonchev–Trinajstić information content (AvgIpc) is 3.28. The summed E-state index contributed by atoms with van der Waals surface area (Å²) in [5.41, 5.74) is 4.82. The summed E-state index contributed by atoms with van der Waals surface area (Å²) >= 11 is 0. The molecule has 4 aromatic rings. The fourth-order valence-corrected chi connectivity index (χ4v) is 4.40.